The summed E-state index contributed by atoms with van der Waals surface area (Å²) >= 11 is 0. The Bertz CT molecular complexity index is 570. The van der Waals surface area contributed by atoms with Crippen LogP contribution in [0.2, 0.25) is 0 Å². The van der Waals surface area contributed by atoms with Gasteiger partial charge in [-0.2, -0.15) is 0 Å². The van der Waals surface area contributed by atoms with Crippen LogP contribution in [0.25, 0.3) is 0 Å². The topological polar surface area (TPSA) is 52.7 Å². The summed E-state index contributed by atoms with van der Waals surface area (Å²) in [6, 6.07) is 6.08. The maximum atomic E-state index is 12.0. The van der Waals surface area contributed by atoms with Crippen molar-refractivity contribution in [1.82, 2.24) is 10.2 Å². The molecule has 0 spiro atoms. The Hall–Kier alpha value is -1.88. The number of imide groups is 1. The molecule has 1 fully saturated rings. The zero-order chi connectivity index (χ0) is 14.3. The average molecular weight is 273 g/mol. The van der Waals surface area contributed by atoms with Gasteiger partial charge >= 0.3 is 0 Å². The maximum Gasteiger partial charge on any atom is 0.261 e. The third-order valence-electron chi connectivity index (χ3n) is 4.12. The van der Waals surface area contributed by atoms with E-state index in [1.807, 2.05) is 12.1 Å². The first kappa shape index (κ1) is 13.1. The van der Waals surface area contributed by atoms with Crippen LogP contribution in [0.1, 0.15) is 34.1 Å². The number of benzene rings is 1. The summed E-state index contributed by atoms with van der Waals surface area (Å²) in [5.41, 5.74) is 2.08. The number of rotatable bonds is 3. The number of carbonyl (C=O) groups is 2. The Balaban J connectivity index is 1.84. The number of amides is 2. The molecule has 1 atom stereocenters. The molecule has 106 valence electrons. The molecule has 1 saturated heterocycles. The van der Waals surface area contributed by atoms with E-state index in [4.69, 9.17) is 0 Å². The van der Waals surface area contributed by atoms with Crippen molar-refractivity contribution in [2.75, 3.05) is 31.6 Å². The molecule has 0 radical (unpaired) electrons. The number of hydrogen-bond acceptors (Lipinski definition) is 4. The quantitative estimate of drug-likeness (QED) is 0.838. The van der Waals surface area contributed by atoms with Crippen molar-refractivity contribution in [1.29, 1.82) is 0 Å². The summed E-state index contributed by atoms with van der Waals surface area (Å²) in [6.07, 6.45) is 1.11. The molecule has 5 nitrogen and oxygen atoms in total. The van der Waals surface area contributed by atoms with Crippen LogP contribution in [0.5, 0.6) is 0 Å². The predicted molar refractivity (Wildman–Crippen MR) is 77.2 cm³/mol. The van der Waals surface area contributed by atoms with Crippen molar-refractivity contribution < 1.29 is 9.59 Å². The number of carbonyl (C=O) groups excluding carboxylic acids is 2. The first-order chi connectivity index (χ1) is 9.61. The second-order valence-corrected chi connectivity index (χ2v) is 5.39. The second-order valence-electron chi connectivity index (χ2n) is 5.39. The molecule has 0 aliphatic carbocycles. The van der Waals surface area contributed by atoms with Gasteiger partial charge < -0.3 is 10.2 Å². The van der Waals surface area contributed by atoms with E-state index in [0.717, 1.165) is 31.7 Å². The smallest absolute Gasteiger partial charge is 0.261 e. The molecule has 0 bridgehead atoms. The molecule has 2 amide bonds. The van der Waals surface area contributed by atoms with Crippen molar-refractivity contribution in [2.45, 2.75) is 19.4 Å². The fraction of sp³-hybridized carbons (Fsp3) is 0.467. The van der Waals surface area contributed by atoms with Crippen LogP contribution in [0.4, 0.5) is 5.69 Å². The summed E-state index contributed by atoms with van der Waals surface area (Å²) in [4.78, 5) is 27.3. The van der Waals surface area contributed by atoms with Crippen LogP contribution in [0.3, 0.4) is 0 Å². The van der Waals surface area contributed by atoms with Gasteiger partial charge in [0.2, 0.25) is 0 Å². The van der Waals surface area contributed by atoms with E-state index in [1.165, 1.54) is 11.9 Å². The molecule has 1 N–H and O–H groups in total. The van der Waals surface area contributed by atoms with E-state index < -0.39 is 0 Å². The van der Waals surface area contributed by atoms with Gasteiger partial charge in [-0.3, -0.25) is 14.5 Å². The summed E-state index contributed by atoms with van der Waals surface area (Å²) in [5, 5.41) is 3.45. The molecular weight excluding hydrogens is 254 g/mol. The van der Waals surface area contributed by atoms with E-state index in [0.29, 0.717) is 17.2 Å². The Labute approximate surface area is 118 Å². The van der Waals surface area contributed by atoms with Crippen molar-refractivity contribution in [3.05, 3.63) is 29.3 Å². The molecule has 0 aromatic heterocycles. The lowest BCUT2D eigenvalue weighted by molar-refractivity contribution is 0.0693. The minimum absolute atomic E-state index is 0.200. The van der Waals surface area contributed by atoms with Gasteiger partial charge in [0.15, 0.2) is 0 Å². The van der Waals surface area contributed by atoms with Gasteiger partial charge in [0.05, 0.1) is 11.1 Å². The monoisotopic (exact) mass is 273 g/mol. The second kappa shape index (κ2) is 4.90. The predicted octanol–water partition coefficient (Wildman–Crippen LogP) is 1.10. The van der Waals surface area contributed by atoms with Gasteiger partial charge in [-0.25, -0.2) is 0 Å². The molecule has 2 heterocycles. The fourth-order valence-electron chi connectivity index (χ4n) is 3.00. The number of fused-ring (bicyclic) bond motifs is 1. The van der Waals surface area contributed by atoms with Crippen LogP contribution < -0.4 is 10.2 Å². The molecule has 0 saturated carbocycles. The SMILES string of the molecule is CCNC1CCN(c2ccc3c(c2)C(=O)N(C)C3=O)C1. The minimum Gasteiger partial charge on any atom is -0.370 e. The molecular formula is C15H19N3O2. The van der Waals surface area contributed by atoms with Crippen LogP contribution >= 0.6 is 0 Å². The average Bonchev–Trinajstić information content (AvgIpc) is 3.00. The van der Waals surface area contributed by atoms with Crippen LogP contribution in [0.15, 0.2) is 18.2 Å². The normalized spacial score (nSPS) is 21.8. The highest BCUT2D eigenvalue weighted by Crippen LogP contribution is 2.28. The third kappa shape index (κ3) is 1.98. The lowest BCUT2D eigenvalue weighted by Gasteiger charge is -2.19. The molecule has 1 aromatic rings. The Kier molecular flexibility index (Phi) is 3.22. The molecule has 2 aliphatic heterocycles. The van der Waals surface area contributed by atoms with E-state index in [2.05, 4.69) is 17.1 Å². The lowest BCUT2D eigenvalue weighted by atomic mass is 10.1. The van der Waals surface area contributed by atoms with E-state index >= 15 is 0 Å². The molecule has 1 aromatic carbocycles. The minimum atomic E-state index is -0.205. The largest absolute Gasteiger partial charge is 0.370 e. The van der Waals surface area contributed by atoms with Crippen molar-refractivity contribution in [2.24, 2.45) is 0 Å². The maximum absolute atomic E-state index is 12.0. The van der Waals surface area contributed by atoms with Crippen LogP contribution in [-0.2, 0) is 0 Å². The van der Waals surface area contributed by atoms with E-state index in [1.54, 1.807) is 6.07 Å². The van der Waals surface area contributed by atoms with E-state index in [9.17, 15) is 9.59 Å². The lowest BCUT2D eigenvalue weighted by Crippen LogP contribution is -2.32. The Morgan fingerprint density at radius 2 is 2.00 bits per heavy atom. The first-order valence-corrected chi connectivity index (χ1v) is 7.06. The molecule has 20 heavy (non-hydrogen) atoms. The van der Waals surface area contributed by atoms with E-state index in [-0.39, 0.29) is 11.8 Å². The van der Waals surface area contributed by atoms with Gasteiger partial charge in [-0.05, 0) is 31.2 Å². The fourth-order valence-corrected chi connectivity index (χ4v) is 3.00. The molecule has 1 unspecified atom stereocenters. The summed E-state index contributed by atoms with van der Waals surface area (Å²) < 4.78 is 0. The Morgan fingerprint density at radius 3 is 2.75 bits per heavy atom. The van der Waals surface area contributed by atoms with Gasteiger partial charge in [-0.15, -0.1) is 0 Å². The number of nitrogens with zero attached hydrogens (tertiary/aromatic N) is 2. The highest BCUT2D eigenvalue weighted by molar-refractivity contribution is 6.21. The van der Waals surface area contributed by atoms with Crippen molar-refractivity contribution in [3.8, 4) is 0 Å². The Morgan fingerprint density at radius 1 is 1.25 bits per heavy atom. The zero-order valence-electron chi connectivity index (χ0n) is 11.8. The van der Waals surface area contributed by atoms with Gasteiger partial charge in [0.1, 0.15) is 0 Å². The number of nitrogens with one attached hydrogen (secondary N) is 1. The molecule has 2 aliphatic rings. The van der Waals surface area contributed by atoms with Gasteiger partial charge in [0.25, 0.3) is 11.8 Å². The van der Waals surface area contributed by atoms with Gasteiger partial charge in [-0.1, -0.05) is 6.92 Å². The summed E-state index contributed by atoms with van der Waals surface area (Å²) in [6.45, 7) is 5.01. The molecule has 3 rings (SSSR count). The van der Waals surface area contributed by atoms with Gasteiger partial charge in [0, 0.05) is 31.9 Å². The first-order valence-electron chi connectivity index (χ1n) is 7.06. The number of hydrogen-bond donors (Lipinski definition) is 1. The third-order valence-corrected chi connectivity index (χ3v) is 4.12. The zero-order valence-corrected chi connectivity index (χ0v) is 11.8. The van der Waals surface area contributed by atoms with Crippen LogP contribution in [0, 0.1) is 0 Å². The van der Waals surface area contributed by atoms with Crippen molar-refractivity contribution >= 4 is 17.5 Å². The standard InChI is InChI=1S/C15H19N3O2/c1-3-16-10-6-7-18(9-10)11-4-5-12-13(8-11)15(20)17(2)14(12)19/h4-5,8,10,16H,3,6-7,9H2,1-2H3. The number of likely N-dealkylation sites (N-methyl/N-ethyl adjacent to an activating group) is 1. The summed E-state index contributed by atoms with van der Waals surface area (Å²) in [7, 11) is 1.53. The van der Waals surface area contributed by atoms with Crippen LogP contribution in [-0.4, -0.2) is 49.4 Å². The number of anilines is 1. The molecule has 5 heteroatoms. The highest BCUT2D eigenvalue weighted by Gasteiger charge is 2.33. The summed E-state index contributed by atoms with van der Waals surface area (Å²) in [5.74, 6) is -0.405. The highest BCUT2D eigenvalue weighted by atomic mass is 16.2. The van der Waals surface area contributed by atoms with Crippen molar-refractivity contribution in [3.63, 3.8) is 0 Å².